The Morgan fingerprint density at radius 1 is 1.06 bits per heavy atom. The van der Waals surface area contributed by atoms with E-state index in [0.29, 0.717) is 0 Å². The summed E-state index contributed by atoms with van der Waals surface area (Å²) in [5.74, 6) is 1.90. The van der Waals surface area contributed by atoms with Crippen LogP contribution in [0, 0.1) is 13.8 Å². The predicted octanol–water partition coefficient (Wildman–Crippen LogP) is 4.87. The van der Waals surface area contributed by atoms with Crippen LogP contribution < -0.4 is 4.90 Å². The standard InChI is InChI=1S/C25H29N5OS/c1-17-20-11-8-13-29(15-19-9-4-3-5-10-19)24(20)28-23(27-17)21-12-6-7-14-30(21)25(31)22-18(2)26-16-32-22/h3-5,9-10,16,21H,6-8,11-15H2,1-2H3/t21-/m0/s1. The van der Waals surface area contributed by atoms with Gasteiger partial charge in [-0.15, -0.1) is 11.3 Å². The van der Waals surface area contributed by atoms with E-state index in [1.165, 1.54) is 22.5 Å². The average molecular weight is 448 g/mol. The number of thiazole rings is 1. The lowest BCUT2D eigenvalue weighted by Crippen LogP contribution is -2.40. The SMILES string of the molecule is Cc1ncsc1C(=O)N1CCCC[C@H]1c1nc(C)c2c(n1)N(Cc1ccccc1)CCC2. The van der Waals surface area contributed by atoms with Crippen LogP contribution in [0.25, 0.3) is 0 Å². The second kappa shape index (κ2) is 8.98. The molecule has 2 aliphatic rings. The average Bonchev–Trinajstić information content (AvgIpc) is 3.25. The molecule has 32 heavy (non-hydrogen) atoms. The third-order valence-corrected chi connectivity index (χ3v) is 7.50. The first-order valence-electron chi connectivity index (χ1n) is 11.5. The van der Waals surface area contributed by atoms with Gasteiger partial charge in [0.25, 0.3) is 5.91 Å². The zero-order valence-corrected chi connectivity index (χ0v) is 19.6. The molecule has 1 aromatic carbocycles. The molecule has 1 atom stereocenters. The Kier molecular flexibility index (Phi) is 5.91. The van der Waals surface area contributed by atoms with Gasteiger partial charge >= 0.3 is 0 Å². The van der Waals surface area contributed by atoms with Gasteiger partial charge in [-0.3, -0.25) is 4.79 Å². The predicted molar refractivity (Wildman–Crippen MR) is 127 cm³/mol. The number of carbonyl (C=O) groups excluding carboxylic acids is 1. The maximum absolute atomic E-state index is 13.4. The van der Waals surface area contributed by atoms with Crippen LogP contribution in [0.4, 0.5) is 5.82 Å². The number of aromatic nitrogens is 3. The van der Waals surface area contributed by atoms with Gasteiger partial charge in [0.1, 0.15) is 10.7 Å². The smallest absolute Gasteiger partial charge is 0.266 e. The number of amides is 1. The molecule has 6 nitrogen and oxygen atoms in total. The molecule has 7 heteroatoms. The summed E-state index contributed by atoms with van der Waals surface area (Å²) in [5.41, 5.74) is 6.15. The molecule has 1 saturated heterocycles. The summed E-state index contributed by atoms with van der Waals surface area (Å²) in [6.07, 6.45) is 5.14. The van der Waals surface area contributed by atoms with Crippen molar-refractivity contribution < 1.29 is 4.79 Å². The van der Waals surface area contributed by atoms with Crippen molar-refractivity contribution >= 4 is 23.1 Å². The Morgan fingerprint density at radius 2 is 1.91 bits per heavy atom. The molecule has 0 radical (unpaired) electrons. The Hall–Kier alpha value is -2.80. The number of rotatable bonds is 4. The number of benzene rings is 1. The fraction of sp³-hybridized carbons (Fsp3) is 0.440. The van der Waals surface area contributed by atoms with Gasteiger partial charge in [-0.2, -0.15) is 0 Å². The lowest BCUT2D eigenvalue weighted by atomic mass is 9.99. The molecule has 2 aromatic heterocycles. The molecule has 0 saturated carbocycles. The highest BCUT2D eigenvalue weighted by molar-refractivity contribution is 7.11. The number of likely N-dealkylation sites (tertiary alicyclic amines) is 1. The minimum atomic E-state index is -0.0812. The summed E-state index contributed by atoms with van der Waals surface area (Å²) in [5, 5.41) is 0. The number of hydrogen-bond donors (Lipinski definition) is 0. The van der Waals surface area contributed by atoms with E-state index in [1.54, 1.807) is 5.51 Å². The van der Waals surface area contributed by atoms with Crippen molar-refractivity contribution in [3.63, 3.8) is 0 Å². The molecule has 3 aromatic rings. The van der Waals surface area contributed by atoms with E-state index in [9.17, 15) is 4.79 Å². The summed E-state index contributed by atoms with van der Waals surface area (Å²) in [7, 11) is 0. The third-order valence-electron chi connectivity index (χ3n) is 6.58. The van der Waals surface area contributed by atoms with Crippen LogP contribution in [0.1, 0.15) is 69.7 Å². The second-order valence-corrected chi connectivity index (χ2v) is 9.61. The van der Waals surface area contributed by atoms with E-state index in [2.05, 4.69) is 47.1 Å². The molecule has 0 unspecified atom stereocenters. The first-order valence-corrected chi connectivity index (χ1v) is 12.4. The monoisotopic (exact) mass is 447 g/mol. The van der Waals surface area contributed by atoms with Crippen molar-refractivity contribution in [2.45, 2.75) is 58.5 Å². The molecule has 1 amide bonds. The van der Waals surface area contributed by atoms with Crippen LogP contribution >= 0.6 is 11.3 Å². The minimum Gasteiger partial charge on any atom is -0.352 e. The Bertz CT molecular complexity index is 1110. The number of fused-ring (bicyclic) bond motifs is 1. The summed E-state index contributed by atoms with van der Waals surface area (Å²) in [4.78, 5) is 32.8. The van der Waals surface area contributed by atoms with E-state index < -0.39 is 0 Å². The Balaban J connectivity index is 1.49. The normalized spacial score (nSPS) is 18.5. The van der Waals surface area contributed by atoms with Crippen LogP contribution in [0.3, 0.4) is 0 Å². The number of hydrogen-bond acceptors (Lipinski definition) is 6. The maximum atomic E-state index is 13.4. The topological polar surface area (TPSA) is 62.2 Å². The molecule has 4 heterocycles. The van der Waals surface area contributed by atoms with Crippen LogP contribution in [0.15, 0.2) is 35.8 Å². The first kappa shape index (κ1) is 21.1. The van der Waals surface area contributed by atoms with Gasteiger partial charge in [0.2, 0.25) is 0 Å². The van der Waals surface area contributed by atoms with Gasteiger partial charge in [-0.05, 0) is 51.5 Å². The van der Waals surface area contributed by atoms with Crippen molar-refractivity contribution in [3.8, 4) is 0 Å². The van der Waals surface area contributed by atoms with E-state index >= 15 is 0 Å². The molecular weight excluding hydrogens is 418 g/mol. The lowest BCUT2D eigenvalue weighted by Gasteiger charge is -2.36. The third kappa shape index (κ3) is 4.01. The zero-order chi connectivity index (χ0) is 22.1. The first-order chi connectivity index (χ1) is 15.6. The molecule has 2 aliphatic heterocycles. The molecule has 0 bridgehead atoms. The van der Waals surface area contributed by atoms with Crippen LogP contribution in [0.2, 0.25) is 0 Å². The highest BCUT2D eigenvalue weighted by atomic mass is 32.1. The summed E-state index contributed by atoms with van der Waals surface area (Å²) in [6, 6.07) is 10.5. The molecule has 1 fully saturated rings. The van der Waals surface area contributed by atoms with E-state index in [0.717, 1.165) is 79.6 Å². The number of carbonyl (C=O) groups is 1. The number of nitrogens with zero attached hydrogens (tertiary/aromatic N) is 5. The van der Waals surface area contributed by atoms with E-state index in [4.69, 9.17) is 9.97 Å². The van der Waals surface area contributed by atoms with Crippen molar-refractivity contribution in [2.24, 2.45) is 0 Å². The summed E-state index contributed by atoms with van der Waals surface area (Å²) in [6.45, 7) is 6.58. The summed E-state index contributed by atoms with van der Waals surface area (Å²) >= 11 is 1.42. The molecule has 0 aliphatic carbocycles. The second-order valence-electron chi connectivity index (χ2n) is 8.76. The van der Waals surface area contributed by atoms with Gasteiger partial charge in [0, 0.05) is 30.9 Å². The van der Waals surface area contributed by atoms with Gasteiger partial charge < -0.3 is 9.80 Å². The maximum Gasteiger partial charge on any atom is 0.266 e. The fourth-order valence-corrected chi connectivity index (χ4v) is 5.65. The molecule has 5 rings (SSSR count). The van der Waals surface area contributed by atoms with E-state index in [-0.39, 0.29) is 11.9 Å². The zero-order valence-electron chi connectivity index (χ0n) is 18.8. The fourth-order valence-electron chi connectivity index (χ4n) is 4.90. The van der Waals surface area contributed by atoms with Gasteiger partial charge in [0.05, 0.1) is 17.2 Å². The van der Waals surface area contributed by atoms with Gasteiger partial charge in [0.15, 0.2) is 5.82 Å². The highest BCUT2D eigenvalue weighted by Crippen LogP contribution is 2.35. The summed E-state index contributed by atoms with van der Waals surface area (Å²) < 4.78 is 0. The van der Waals surface area contributed by atoms with Gasteiger partial charge in [-0.1, -0.05) is 30.3 Å². The molecule has 0 N–H and O–H groups in total. The number of aryl methyl sites for hydroxylation is 2. The van der Waals surface area contributed by atoms with Crippen molar-refractivity contribution in [3.05, 3.63) is 69.1 Å². The molecule has 166 valence electrons. The van der Waals surface area contributed by atoms with Crippen LogP contribution in [0.5, 0.6) is 0 Å². The number of piperidine rings is 1. The van der Waals surface area contributed by atoms with Crippen LogP contribution in [-0.4, -0.2) is 38.8 Å². The Labute approximate surface area is 193 Å². The van der Waals surface area contributed by atoms with Crippen molar-refractivity contribution in [1.29, 1.82) is 0 Å². The largest absolute Gasteiger partial charge is 0.352 e. The molecular formula is C25H29N5OS. The highest BCUT2D eigenvalue weighted by Gasteiger charge is 2.33. The molecule has 0 spiro atoms. The van der Waals surface area contributed by atoms with Crippen molar-refractivity contribution in [2.75, 3.05) is 18.0 Å². The minimum absolute atomic E-state index is 0.0646. The van der Waals surface area contributed by atoms with Crippen molar-refractivity contribution in [1.82, 2.24) is 19.9 Å². The number of anilines is 1. The lowest BCUT2D eigenvalue weighted by molar-refractivity contribution is 0.0603. The van der Waals surface area contributed by atoms with Gasteiger partial charge in [-0.25, -0.2) is 15.0 Å². The quantitative estimate of drug-likeness (QED) is 0.571. The Morgan fingerprint density at radius 3 is 2.69 bits per heavy atom. The van der Waals surface area contributed by atoms with Crippen LogP contribution in [-0.2, 0) is 13.0 Å². The van der Waals surface area contributed by atoms with E-state index in [1.807, 2.05) is 11.8 Å².